The molecule has 0 aliphatic carbocycles. The molecule has 1 aromatic rings. The molecule has 0 amide bonds. The Kier molecular flexibility index (Phi) is 7.10. The second-order valence-electron chi connectivity index (χ2n) is 6.54. The van der Waals surface area contributed by atoms with E-state index in [2.05, 4.69) is 73.6 Å². The maximum absolute atomic E-state index is 5.12. The summed E-state index contributed by atoms with van der Waals surface area (Å²) in [6.07, 6.45) is 0. The van der Waals surface area contributed by atoms with Crippen LogP contribution in [0.4, 0.5) is 0 Å². The highest BCUT2D eigenvalue weighted by molar-refractivity contribution is 7.67. The summed E-state index contributed by atoms with van der Waals surface area (Å²) in [4.78, 5) is 5.12. The van der Waals surface area contributed by atoms with Crippen LogP contribution in [0.15, 0.2) is 18.2 Å². The molecule has 0 aliphatic rings. The van der Waals surface area contributed by atoms with Gasteiger partial charge in [-0.2, -0.15) is 0 Å². The van der Waals surface area contributed by atoms with Gasteiger partial charge in [-0.25, -0.2) is 4.98 Å². The van der Waals surface area contributed by atoms with E-state index in [1.807, 2.05) is 0 Å². The molecule has 0 N–H and O–H groups in total. The molecule has 0 fully saturated rings. The Bertz CT molecular complexity index is 362. The summed E-state index contributed by atoms with van der Waals surface area (Å²) in [5.41, 5.74) is 5.54. The van der Waals surface area contributed by atoms with Gasteiger partial charge in [0, 0.05) is 0 Å². The third-order valence-corrected chi connectivity index (χ3v) is 9.48. The molecule has 0 unspecified atom stereocenters. The first-order chi connectivity index (χ1) is 9.25. The van der Waals surface area contributed by atoms with Crippen LogP contribution >= 0.6 is 15.8 Å². The van der Waals surface area contributed by atoms with Crippen molar-refractivity contribution in [2.45, 2.75) is 78.0 Å². The van der Waals surface area contributed by atoms with Crippen molar-refractivity contribution in [1.29, 1.82) is 0 Å². The Morgan fingerprint density at radius 2 is 0.950 bits per heavy atom. The SMILES string of the molecule is CC(C)P(c1cccc(P(C(C)C)C(C)C)n1)C(C)C. The Morgan fingerprint density at radius 3 is 1.20 bits per heavy atom. The maximum atomic E-state index is 5.12. The molecular formula is C17H31NP2. The van der Waals surface area contributed by atoms with E-state index in [1.54, 1.807) is 0 Å². The van der Waals surface area contributed by atoms with E-state index in [1.165, 1.54) is 10.9 Å². The van der Waals surface area contributed by atoms with Crippen molar-refractivity contribution in [2.75, 3.05) is 0 Å². The molecule has 0 spiro atoms. The van der Waals surface area contributed by atoms with Gasteiger partial charge in [-0.3, -0.25) is 0 Å². The maximum Gasteiger partial charge on any atom is 0.0643 e. The molecule has 0 saturated carbocycles. The lowest BCUT2D eigenvalue weighted by Gasteiger charge is -2.28. The molecule has 0 bridgehead atoms. The number of hydrogen-bond acceptors (Lipinski definition) is 1. The third-order valence-electron chi connectivity index (χ3n) is 3.47. The van der Waals surface area contributed by atoms with Crippen molar-refractivity contribution in [3.8, 4) is 0 Å². The largest absolute Gasteiger partial charge is 0.248 e. The van der Waals surface area contributed by atoms with E-state index in [4.69, 9.17) is 4.98 Å². The van der Waals surface area contributed by atoms with E-state index >= 15 is 0 Å². The zero-order chi connectivity index (χ0) is 15.4. The second-order valence-corrected chi connectivity index (χ2v) is 13.2. The number of hydrogen-bond donors (Lipinski definition) is 0. The molecule has 1 aromatic heterocycles. The van der Waals surface area contributed by atoms with Crippen LogP contribution < -0.4 is 10.9 Å². The molecule has 0 aromatic carbocycles. The molecule has 20 heavy (non-hydrogen) atoms. The lowest BCUT2D eigenvalue weighted by atomic mass is 10.5. The van der Waals surface area contributed by atoms with Crippen LogP contribution in [0, 0.1) is 0 Å². The van der Waals surface area contributed by atoms with Gasteiger partial charge in [0.1, 0.15) is 0 Å². The van der Waals surface area contributed by atoms with Crippen molar-refractivity contribution in [3.05, 3.63) is 18.2 Å². The summed E-state index contributed by atoms with van der Waals surface area (Å²) in [7, 11) is -0.308. The lowest BCUT2D eigenvalue weighted by Crippen LogP contribution is -2.26. The van der Waals surface area contributed by atoms with Crippen molar-refractivity contribution in [2.24, 2.45) is 0 Å². The highest BCUT2D eigenvalue weighted by Gasteiger charge is 2.24. The standard InChI is InChI=1S/C17H31NP2/c1-12(2)19(13(3)4)16-10-9-11-17(18-16)20(14(5)6)15(7)8/h9-15H,1-8H3. The van der Waals surface area contributed by atoms with Gasteiger partial charge in [-0.1, -0.05) is 61.5 Å². The van der Waals surface area contributed by atoms with Crippen LogP contribution in [0.1, 0.15) is 55.4 Å². The number of aromatic nitrogens is 1. The lowest BCUT2D eigenvalue weighted by molar-refractivity contribution is 1.01. The Hall–Kier alpha value is 0.01000. The molecule has 1 heterocycles. The second kappa shape index (κ2) is 7.86. The summed E-state index contributed by atoms with van der Waals surface area (Å²) in [5, 5.41) is 0. The van der Waals surface area contributed by atoms with Crippen LogP contribution in [0.3, 0.4) is 0 Å². The van der Waals surface area contributed by atoms with Gasteiger partial charge in [0.15, 0.2) is 0 Å². The van der Waals surface area contributed by atoms with Crippen molar-refractivity contribution in [1.82, 2.24) is 4.98 Å². The minimum absolute atomic E-state index is 0.154. The number of pyridine rings is 1. The van der Waals surface area contributed by atoms with Crippen molar-refractivity contribution in [3.63, 3.8) is 0 Å². The monoisotopic (exact) mass is 311 g/mol. The first-order valence-corrected chi connectivity index (χ1v) is 10.8. The molecular weight excluding hydrogens is 280 g/mol. The average Bonchev–Trinajstić information content (AvgIpc) is 2.27. The van der Waals surface area contributed by atoms with E-state index in [9.17, 15) is 0 Å². The quantitative estimate of drug-likeness (QED) is 0.679. The summed E-state index contributed by atoms with van der Waals surface area (Å²) < 4.78 is 0. The van der Waals surface area contributed by atoms with Gasteiger partial charge in [0.25, 0.3) is 0 Å². The molecule has 1 rings (SSSR count). The van der Waals surface area contributed by atoms with Crippen LogP contribution in [0.2, 0.25) is 0 Å². The van der Waals surface area contributed by atoms with Crippen LogP contribution in [-0.4, -0.2) is 27.6 Å². The minimum Gasteiger partial charge on any atom is -0.248 e. The van der Waals surface area contributed by atoms with Gasteiger partial charge >= 0.3 is 0 Å². The third kappa shape index (κ3) is 4.51. The molecule has 114 valence electrons. The fourth-order valence-corrected chi connectivity index (χ4v) is 8.49. The van der Waals surface area contributed by atoms with E-state index in [0.717, 1.165) is 0 Å². The molecule has 0 atom stereocenters. The molecule has 0 aliphatic heterocycles. The Balaban J connectivity index is 3.17. The van der Waals surface area contributed by atoms with Gasteiger partial charge < -0.3 is 0 Å². The molecule has 1 nitrogen and oxygen atoms in total. The average molecular weight is 311 g/mol. The van der Waals surface area contributed by atoms with Gasteiger partial charge in [0.05, 0.1) is 10.9 Å². The first-order valence-electron chi connectivity index (χ1n) is 7.79. The van der Waals surface area contributed by atoms with E-state index < -0.39 is 0 Å². The molecule has 0 saturated heterocycles. The number of rotatable bonds is 6. The fraction of sp³-hybridized carbons (Fsp3) is 0.706. The number of nitrogens with zero attached hydrogens (tertiary/aromatic N) is 1. The van der Waals surface area contributed by atoms with Gasteiger partial charge in [0.2, 0.25) is 0 Å². The summed E-state index contributed by atoms with van der Waals surface area (Å²) in [6, 6.07) is 6.74. The minimum atomic E-state index is -0.154. The zero-order valence-electron chi connectivity index (χ0n) is 14.4. The fourth-order valence-electron chi connectivity index (χ4n) is 2.95. The summed E-state index contributed by atoms with van der Waals surface area (Å²) in [5.74, 6) is 0. The first kappa shape index (κ1) is 18.1. The van der Waals surface area contributed by atoms with Crippen LogP contribution in [0.5, 0.6) is 0 Å². The molecule has 0 radical (unpaired) electrons. The predicted octanol–water partition coefficient (Wildman–Crippen LogP) is 4.93. The smallest absolute Gasteiger partial charge is 0.0643 e. The Morgan fingerprint density at radius 1 is 0.650 bits per heavy atom. The zero-order valence-corrected chi connectivity index (χ0v) is 16.2. The highest BCUT2D eigenvalue weighted by Crippen LogP contribution is 2.46. The summed E-state index contributed by atoms with van der Waals surface area (Å²) in [6.45, 7) is 18.7. The highest BCUT2D eigenvalue weighted by atomic mass is 31.1. The molecule has 3 heteroatoms. The van der Waals surface area contributed by atoms with E-state index in [-0.39, 0.29) is 15.8 Å². The topological polar surface area (TPSA) is 12.9 Å². The summed E-state index contributed by atoms with van der Waals surface area (Å²) >= 11 is 0. The van der Waals surface area contributed by atoms with Crippen molar-refractivity contribution >= 4 is 26.7 Å². The van der Waals surface area contributed by atoms with Crippen LogP contribution in [-0.2, 0) is 0 Å². The predicted molar refractivity (Wildman–Crippen MR) is 97.9 cm³/mol. The Labute approximate surface area is 128 Å². The van der Waals surface area contributed by atoms with Gasteiger partial charge in [-0.15, -0.1) is 0 Å². The van der Waals surface area contributed by atoms with Crippen LogP contribution in [0.25, 0.3) is 0 Å². The van der Waals surface area contributed by atoms with E-state index in [0.29, 0.717) is 22.6 Å². The van der Waals surface area contributed by atoms with Crippen molar-refractivity contribution < 1.29 is 0 Å². The normalized spacial score (nSPS) is 12.7. The van der Waals surface area contributed by atoms with Gasteiger partial charge in [-0.05, 0) is 50.6 Å².